The molecule has 0 bridgehead atoms. The lowest BCUT2D eigenvalue weighted by Gasteiger charge is -2.30. The molecule has 1 heterocycles. The predicted molar refractivity (Wildman–Crippen MR) is 58.1 cm³/mol. The zero-order valence-corrected chi connectivity index (χ0v) is 9.53. The van der Waals surface area contributed by atoms with Gasteiger partial charge in [0, 0.05) is 19.1 Å². The molecular formula is C10H21N3O2. The molecule has 0 aromatic heterocycles. The lowest BCUT2D eigenvalue weighted by atomic mass is 10.1. The number of carbonyl (C=O) groups is 1. The first kappa shape index (κ1) is 12.3. The third-order valence-electron chi connectivity index (χ3n) is 2.47. The molecule has 1 fully saturated rings. The van der Waals surface area contributed by atoms with Gasteiger partial charge < -0.3 is 15.5 Å². The lowest BCUT2D eigenvalue weighted by Crippen LogP contribution is -2.46. The summed E-state index contributed by atoms with van der Waals surface area (Å²) in [4.78, 5) is 17.9. The first-order chi connectivity index (χ1) is 7.09. The SMILES string of the molecule is CC(C)CONC1CCN(C(N)=O)CC1. The van der Waals surface area contributed by atoms with E-state index >= 15 is 0 Å². The highest BCUT2D eigenvalue weighted by molar-refractivity contribution is 5.72. The largest absolute Gasteiger partial charge is 0.351 e. The Morgan fingerprint density at radius 2 is 2.13 bits per heavy atom. The Kier molecular flexibility index (Phi) is 4.84. The average molecular weight is 215 g/mol. The molecular weight excluding hydrogens is 194 g/mol. The van der Waals surface area contributed by atoms with Crippen LogP contribution in [0.4, 0.5) is 4.79 Å². The van der Waals surface area contributed by atoms with Gasteiger partial charge in [-0.1, -0.05) is 13.8 Å². The van der Waals surface area contributed by atoms with Gasteiger partial charge in [-0.15, -0.1) is 0 Å². The number of nitrogens with two attached hydrogens (primary N) is 1. The van der Waals surface area contributed by atoms with Crippen molar-refractivity contribution >= 4 is 6.03 Å². The van der Waals surface area contributed by atoms with E-state index in [1.54, 1.807) is 4.90 Å². The molecule has 15 heavy (non-hydrogen) atoms. The number of hydrogen-bond acceptors (Lipinski definition) is 3. The summed E-state index contributed by atoms with van der Waals surface area (Å²) in [5.41, 5.74) is 8.22. The normalized spacial score (nSPS) is 18.5. The Morgan fingerprint density at radius 3 is 2.60 bits per heavy atom. The van der Waals surface area contributed by atoms with Crippen molar-refractivity contribution in [3.05, 3.63) is 0 Å². The van der Waals surface area contributed by atoms with Crippen LogP contribution in [0.5, 0.6) is 0 Å². The number of amides is 2. The number of hydroxylamine groups is 1. The van der Waals surface area contributed by atoms with Gasteiger partial charge in [0.1, 0.15) is 0 Å². The van der Waals surface area contributed by atoms with E-state index in [1.165, 1.54) is 0 Å². The van der Waals surface area contributed by atoms with Crippen LogP contribution in [0, 0.1) is 5.92 Å². The topological polar surface area (TPSA) is 67.6 Å². The van der Waals surface area contributed by atoms with Gasteiger partial charge in [0.05, 0.1) is 6.61 Å². The maximum Gasteiger partial charge on any atom is 0.314 e. The van der Waals surface area contributed by atoms with Gasteiger partial charge in [-0.25, -0.2) is 4.79 Å². The summed E-state index contributed by atoms with van der Waals surface area (Å²) in [5, 5.41) is 0. The van der Waals surface area contributed by atoms with Crippen LogP contribution in [-0.2, 0) is 4.84 Å². The van der Waals surface area contributed by atoms with Crippen molar-refractivity contribution in [3.63, 3.8) is 0 Å². The number of primary amides is 1. The van der Waals surface area contributed by atoms with Crippen LogP contribution in [0.2, 0.25) is 0 Å². The van der Waals surface area contributed by atoms with Gasteiger partial charge >= 0.3 is 6.03 Å². The van der Waals surface area contributed by atoms with Crippen LogP contribution in [-0.4, -0.2) is 36.7 Å². The highest BCUT2D eigenvalue weighted by Crippen LogP contribution is 2.09. The van der Waals surface area contributed by atoms with Crippen molar-refractivity contribution in [1.29, 1.82) is 0 Å². The minimum absolute atomic E-state index is 0.323. The Balaban J connectivity index is 2.12. The molecule has 0 spiro atoms. The second kappa shape index (κ2) is 5.92. The molecule has 0 saturated carbocycles. The minimum Gasteiger partial charge on any atom is -0.351 e. The van der Waals surface area contributed by atoms with Crippen molar-refractivity contribution in [2.45, 2.75) is 32.7 Å². The van der Waals surface area contributed by atoms with E-state index in [1.807, 2.05) is 0 Å². The average Bonchev–Trinajstić information content (AvgIpc) is 2.18. The van der Waals surface area contributed by atoms with Gasteiger partial charge in [0.2, 0.25) is 0 Å². The van der Waals surface area contributed by atoms with E-state index in [-0.39, 0.29) is 6.03 Å². The van der Waals surface area contributed by atoms with Crippen molar-refractivity contribution in [1.82, 2.24) is 10.4 Å². The Bertz CT molecular complexity index is 201. The highest BCUT2D eigenvalue weighted by atomic mass is 16.6. The monoisotopic (exact) mass is 215 g/mol. The fourth-order valence-corrected chi connectivity index (χ4v) is 1.55. The molecule has 1 rings (SSSR count). The lowest BCUT2D eigenvalue weighted by molar-refractivity contribution is -0.0107. The number of rotatable bonds is 4. The Labute approximate surface area is 90.9 Å². The van der Waals surface area contributed by atoms with E-state index in [0.717, 1.165) is 32.5 Å². The van der Waals surface area contributed by atoms with Gasteiger partial charge in [0.25, 0.3) is 0 Å². The zero-order valence-electron chi connectivity index (χ0n) is 9.53. The van der Waals surface area contributed by atoms with E-state index < -0.39 is 0 Å². The van der Waals surface area contributed by atoms with Crippen LogP contribution in [0.15, 0.2) is 0 Å². The molecule has 88 valence electrons. The van der Waals surface area contributed by atoms with E-state index in [2.05, 4.69) is 19.3 Å². The third kappa shape index (κ3) is 4.48. The first-order valence-corrected chi connectivity index (χ1v) is 5.51. The number of piperidine rings is 1. The highest BCUT2D eigenvalue weighted by Gasteiger charge is 2.20. The molecule has 0 aliphatic carbocycles. The van der Waals surface area contributed by atoms with E-state index in [4.69, 9.17) is 10.6 Å². The number of nitrogens with one attached hydrogen (secondary N) is 1. The Morgan fingerprint density at radius 1 is 1.53 bits per heavy atom. The maximum atomic E-state index is 10.9. The number of carbonyl (C=O) groups excluding carboxylic acids is 1. The van der Waals surface area contributed by atoms with Crippen molar-refractivity contribution < 1.29 is 9.63 Å². The number of likely N-dealkylation sites (tertiary alicyclic amines) is 1. The second-order valence-electron chi connectivity index (χ2n) is 4.42. The molecule has 5 nitrogen and oxygen atoms in total. The smallest absolute Gasteiger partial charge is 0.314 e. The summed E-state index contributed by atoms with van der Waals surface area (Å²) in [6.07, 6.45) is 1.81. The van der Waals surface area contributed by atoms with E-state index in [0.29, 0.717) is 12.0 Å². The molecule has 2 amide bonds. The number of nitrogens with zero attached hydrogens (tertiary/aromatic N) is 1. The molecule has 3 N–H and O–H groups in total. The number of hydrogen-bond donors (Lipinski definition) is 2. The molecule has 1 saturated heterocycles. The second-order valence-corrected chi connectivity index (χ2v) is 4.42. The van der Waals surface area contributed by atoms with Crippen LogP contribution >= 0.6 is 0 Å². The van der Waals surface area contributed by atoms with Crippen LogP contribution < -0.4 is 11.2 Å². The number of urea groups is 1. The summed E-state index contributed by atoms with van der Waals surface area (Å²) in [6.45, 7) is 6.38. The molecule has 0 unspecified atom stereocenters. The standard InChI is InChI=1S/C10H21N3O2/c1-8(2)7-15-12-9-3-5-13(6-4-9)10(11)14/h8-9,12H,3-7H2,1-2H3,(H2,11,14). The molecule has 1 aliphatic heterocycles. The Hall–Kier alpha value is -0.810. The van der Waals surface area contributed by atoms with E-state index in [9.17, 15) is 4.79 Å². The van der Waals surface area contributed by atoms with Crippen LogP contribution in [0.3, 0.4) is 0 Å². The maximum absolute atomic E-state index is 10.9. The molecule has 0 radical (unpaired) electrons. The van der Waals surface area contributed by atoms with Crippen molar-refractivity contribution in [3.8, 4) is 0 Å². The molecule has 0 aromatic carbocycles. The first-order valence-electron chi connectivity index (χ1n) is 5.51. The quantitative estimate of drug-likeness (QED) is 0.679. The summed E-state index contributed by atoms with van der Waals surface area (Å²) in [7, 11) is 0. The summed E-state index contributed by atoms with van der Waals surface area (Å²) in [5.74, 6) is 0.531. The third-order valence-corrected chi connectivity index (χ3v) is 2.47. The van der Waals surface area contributed by atoms with Gasteiger partial charge in [0.15, 0.2) is 0 Å². The predicted octanol–water partition coefficient (Wildman–Crippen LogP) is 0.707. The molecule has 0 aromatic rings. The molecule has 5 heteroatoms. The molecule has 1 aliphatic rings. The van der Waals surface area contributed by atoms with Gasteiger partial charge in [-0.3, -0.25) is 0 Å². The summed E-state index contributed by atoms with van der Waals surface area (Å²) in [6, 6.07) is 0.0240. The minimum atomic E-state index is -0.323. The van der Waals surface area contributed by atoms with Crippen LogP contribution in [0.1, 0.15) is 26.7 Å². The zero-order chi connectivity index (χ0) is 11.3. The fourth-order valence-electron chi connectivity index (χ4n) is 1.55. The van der Waals surface area contributed by atoms with Crippen LogP contribution in [0.25, 0.3) is 0 Å². The summed E-state index contributed by atoms with van der Waals surface area (Å²) < 4.78 is 0. The fraction of sp³-hybridized carbons (Fsp3) is 0.900. The van der Waals surface area contributed by atoms with Gasteiger partial charge in [-0.2, -0.15) is 5.48 Å². The van der Waals surface area contributed by atoms with Gasteiger partial charge in [-0.05, 0) is 18.8 Å². The van der Waals surface area contributed by atoms with Crippen molar-refractivity contribution in [2.75, 3.05) is 19.7 Å². The molecule has 0 atom stereocenters. The summed E-state index contributed by atoms with van der Waals surface area (Å²) >= 11 is 0. The van der Waals surface area contributed by atoms with Crippen molar-refractivity contribution in [2.24, 2.45) is 11.7 Å².